The van der Waals surface area contributed by atoms with Crippen LogP contribution in [0.25, 0.3) is 11.0 Å². The monoisotopic (exact) mass is 318 g/mol. The maximum atomic E-state index is 6.00. The van der Waals surface area contributed by atoms with E-state index < -0.39 is 0 Å². The second kappa shape index (κ2) is 7.11. The molecule has 3 aromatic rings. The molecule has 0 bridgehead atoms. The largest absolute Gasteiger partial charge is 0.459 e. The first kappa shape index (κ1) is 14.6. The van der Waals surface area contributed by atoms with Crippen LogP contribution in [0.2, 0.25) is 0 Å². The van der Waals surface area contributed by atoms with E-state index in [9.17, 15) is 0 Å². The minimum atomic E-state index is 0.214. The molecule has 110 valence electrons. The van der Waals surface area contributed by atoms with Gasteiger partial charge in [-0.25, -0.2) is 4.98 Å². The highest BCUT2D eigenvalue weighted by atomic mass is 32.2. The normalized spacial score (nSPS) is 12.8. The van der Waals surface area contributed by atoms with Crippen LogP contribution in [0.5, 0.6) is 0 Å². The summed E-state index contributed by atoms with van der Waals surface area (Å²) in [6.07, 6.45) is 2.96. The smallest absolute Gasteiger partial charge is 0.149 e. The Bertz CT molecular complexity index is 645. The number of benzene rings is 1. The van der Waals surface area contributed by atoms with Crippen LogP contribution in [0.3, 0.4) is 0 Å². The highest BCUT2D eigenvalue weighted by molar-refractivity contribution is 8.01. The molecule has 0 saturated heterocycles. The molecule has 1 unspecified atom stereocenters. The Morgan fingerprint density at radius 1 is 1.38 bits per heavy atom. The number of nitrogens with zero attached hydrogens (tertiary/aromatic N) is 1. The topological polar surface area (TPSA) is 38.1 Å². The third-order valence-corrected chi connectivity index (χ3v) is 5.27. The molecule has 0 aliphatic rings. The zero-order valence-corrected chi connectivity index (χ0v) is 13.5. The van der Waals surface area contributed by atoms with Crippen molar-refractivity contribution >= 4 is 34.1 Å². The Kier molecular flexibility index (Phi) is 4.95. The third-order valence-electron chi connectivity index (χ3n) is 3.21. The van der Waals surface area contributed by atoms with Crippen LogP contribution in [0.15, 0.2) is 50.7 Å². The van der Waals surface area contributed by atoms with Gasteiger partial charge in [-0.05, 0) is 25.1 Å². The number of nitrogens with one attached hydrogen (secondary N) is 1. The van der Waals surface area contributed by atoms with Gasteiger partial charge in [-0.15, -0.1) is 11.3 Å². The Labute approximate surface area is 132 Å². The fourth-order valence-electron chi connectivity index (χ4n) is 2.17. The second-order valence-electron chi connectivity index (χ2n) is 4.80. The van der Waals surface area contributed by atoms with Crippen LogP contribution in [-0.4, -0.2) is 17.3 Å². The first-order valence-corrected chi connectivity index (χ1v) is 8.97. The van der Waals surface area contributed by atoms with Gasteiger partial charge in [0.2, 0.25) is 0 Å². The molecule has 0 saturated carbocycles. The van der Waals surface area contributed by atoms with Crippen molar-refractivity contribution in [3.05, 3.63) is 47.7 Å². The molecule has 1 aromatic carbocycles. The number of thiazole rings is 1. The number of thioether (sulfide) groups is 1. The molecular formula is C16H18N2OS2. The predicted octanol–water partition coefficient (Wildman–Crippen LogP) is 4.72. The number of aromatic nitrogens is 1. The number of furan rings is 1. The van der Waals surface area contributed by atoms with Crippen molar-refractivity contribution in [3.8, 4) is 0 Å². The standard InChI is InChI=1S/C16H18N2OS2/c1-2-7-17-13(11-21-16-18-8-9-20-16)15-10-12-5-3-4-6-14(12)19-15/h3-6,8-10,13,17H,2,7,11H2,1H3. The van der Waals surface area contributed by atoms with Crippen LogP contribution in [0.1, 0.15) is 25.1 Å². The fraction of sp³-hybridized carbons (Fsp3) is 0.312. The minimum Gasteiger partial charge on any atom is -0.459 e. The average molecular weight is 318 g/mol. The van der Waals surface area contributed by atoms with Crippen LogP contribution in [0.4, 0.5) is 0 Å². The zero-order chi connectivity index (χ0) is 14.5. The van der Waals surface area contributed by atoms with Crippen LogP contribution < -0.4 is 5.32 Å². The lowest BCUT2D eigenvalue weighted by Crippen LogP contribution is -2.23. The molecule has 1 atom stereocenters. The molecule has 1 N–H and O–H groups in total. The highest BCUT2D eigenvalue weighted by Crippen LogP contribution is 2.29. The maximum absolute atomic E-state index is 6.00. The van der Waals surface area contributed by atoms with Gasteiger partial charge in [0.1, 0.15) is 15.7 Å². The summed E-state index contributed by atoms with van der Waals surface area (Å²) in [6, 6.07) is 10.5. The lowest BCUT2D eigenvalue weighted by molar-refractivity contribution is 0.456. The summed E-state index contributed by atoms with van der Waals surface area (Å²) in [6.45, 7) is 3.16. The molecule has 3 rings (SSSR count). The number of rotatable bonds is 7. The van der Waals surface area contributed by atoms with E-state index in [0.717, 1.165) is 39.8 Å². The Hall–Kier alpha value is -1.30. The van der Waals surface area contributed by atoms with E-state index in [4.69, 9.17) is 4.42 Å². The molecule has 0 amide bonds. The van der Waals surface area contributed by atoms with E-state index in [1.165, 1.54) is 0 Å². The molecule has 0 fully saturated rings. The summed E-state index contributed by atoms with van der Waals surface area (Å²) in [5.41, 5.74) is 0.954. The van der Waals surface area contributed by atoms with Crippen molar-refractivity contribution in [1.29, 1.82) is 0 Å². The average Bonchev–Trinajstić information content (AvgIpc) is 3.16. The van der Waals surface area contributed by atoms with Crippen molar-refractivity contribution in [3.63, 3.8) is 0 Å². The van der Waals surface area contributed by atoms with Gasteiger partial charge in [-0.2, -0.15) is 0 Å². The molecule has 3 nitrogen and oxygen atoms in total. The molecule has 21 heavy (non-hydrogen) atoms. The van der Waals surface area contributed by atoms with Crippen molar-refractivity contribution < 1.29 is 4.42 Å². The SMILES string of the molecule is CCCNC(CSc1nccs1)c1cc2ccccc2o1. The van der Waals surface area contributed by atoms with Gasteiger partial charge in [-0.3, -0.25) is 0 Å². The summed E-state index contributed by atoms with van der Waals surface area (Å²) in [4.78, 5) is 4.33. The van der Waals surface area contributed by atoms with E-state index in [-0.39, 0.29) is 6.04 Å². The van der Waals surface area contributed by atoms with Gasteiger partial charge < -0.3 is 9.73 Å². The van der Waals surface area contributed by atoms with Gasteiger partial charge >= 0.3 is 0 Å². The predicted molar refractivity (Wildman–Crippen MR) is 90.1 cm³/mol. The summed E-state index contributed by atoms with van der Waals surface area (Å²) < 4.78 is 7.11. The molecule has 0 aliphatic carbocycles. The quantitative estimate of drug-likeness (QED) is 0.640. The molecule has 0 spiro atoms. The first-order valence-electron chi connectivity index (χ1n) is 7.11. The fourth-order valence-corrected chi connectivity index (χ4v) is 3.90. The summed E-state index contributed by atoms with van der Waals surface area (Å²) >= 11 is 3.46. The Morgan fingerprint density at radius 3 is 3.05 bits per heavy atom. The van der Waals surface area contributed by atoms with Crippen molar-refractivity contribution in [2.24, 2.45) is 0 Å². The molecule has 0 radical (unpaired) electrons. The van der Waals surface area contributed by atoms with Gasteiger partial charge in [-0.1, -0.05) is 36.9 Å². The van der Waals surface area contributed by atoms with E-state index in [0.29, 0.717) is 0 Å². The van der Waals surface area contributed by atoms with E-state index in [2.05, 4.69) is 29.4 Å². The summed E-state index contributed by atoms with van der Waals surface area (Å²) in [5, 5.41) is 6.75. The zero-order valence-electron chi connectivity index (χ0n) is 11.9. The van der Waals surface area contributed by atoms with Crippen molar-refractivity contribution in [2.75, 3.05) is 12.3 Å². The lowest BCUT2D eigenvalue weighted by atomic mass is 10.2. The minimum absolute atomic E-state index is 0.214. The molecular weight excluding hydrogens is 300 g/mol. The Morgan fingerprint density at radius 2 is 2.29 bits per heavy atom. The molecule has 2 heterocycles. The van der Waals surface area contributed by atoms with Crippen molar-refractivity contribution in [1.82, 2.24) is 10.3 Å². The van der Waals surface area contributed by atoms with E-state index in [1.807, 2.05) is 29.8 Å². The highest BCUT2D eigenvalue weighted by Gasteiger charge is 2.16. The molecule has 0 aliphatic heterocycles. The van der Waals surface area contributed by atoms with Gasteiger partial charge in [0.25, 0.3) is 0 Å². The maximum Gasteiger partial charge on any atom is 0.149 e. The first-order chi connectivity index (χ1) is 10.4. The van der Waals surface area contributed by atoms with E-state index in [1.54, 1.807) is 23.1 Å². The molecule has 5 heteroatoms. The Balaban J connectivity index is 1.76. The molecule has 2 aromatic heterocycles. The summed E-state index contributed by atoms with van der Waals surface area (Å²) in [7, 11) is 0. The van der Waals surface area contributed by atoms with E-state index >= 15 is 0 Å². The third kappa shape index (κ3) is 3.67. The van der Waals surface area contributed by atoms with Gasteiger partial charge in [0.05, 0.1) is 6.04 Å². The van der Waals surface area contributed by atoms with Crippen LogP contribution in [0, 0.1) is 0 Å². The lowest BCUT2D eigenvalue weighted by Gasteiger charge is -2.15. The number of fused-ring (bicyclic) bond motifs is 1. The number of para-hydroxylation sites is 1. The summed E-state index contributed by atoms with van der Waals surface area (Å²) in [5.74, 6) is 1.93. The second-order valence-corrected chi connectivity index (χ2v) is 6.96. The van der Waals surface area contributed by atoms with Crippen molar-refractivity contribution in [2.45, 2.75) is 23.7 Å². The van der Waals surface area contributed by atoms with Crippen LogP contribution >= 0.6 is 23.1 Å². The van der Waals surface area contributed by atoms with Gasteiger partial charge in [0.15, 0.2) is 0 Å². The number of hydrogen-bond acceptors (Lipinski definition) is 5. The van der Waals surface area contributed by atoms with Crippen LogP contribution in [-0.2, 0) is 0 Å². The number of hydrogen-bond donors (Lipinski definition) is 1. The van der Waals surface area contributed by atoms with Gasteiger partial charge in [0, 0.05) is 22.7 Å².